The van der Waals surface area contributed by atoms with Gasteiger partial charge in [0.15, 0.2) is 11.7 Å². The molecule has 2 heterocycles. The van der Waals surface area contributed by atoms with Crippen LogP contribution in [-0.2, 0) is 0 Å². The van der Waals surface area contributed by atoms with Crippen molar-refractivity contribution >= 4 is 6.03 Å². The lowest BCUT2D eigenvalue weighted by Gasteiger charge is -2.33. The molecule has 0 saturated carbocycles. The molecule has 1 fully saturated rings. The van der Waals surface area contributed by atoms with Crippen molar-refractivity contribution in [3.63, 3.8) is 0 Å². The Balaban J connectivity index is 1.64. The summed E-state index contributed by atoms with van der Waals surface area (Å²) in [7, 11) is 3.28. The van der Waals surface area contributed by atoms with Gasteiger partial charge in [-0.25, -0.2) is 14.8 Å². The van der Waals surface area contributed by atoms with Gasteiger partial charge in [-0.05, 0) is 63.1 Å². The molecule has 0 atom stereocenters. The molecular weight excluding hydrogens is 434 g/mol. The number of rotatable bonds is 6. The third kappa shape index (κ3) is 4.72. The van der Waals surface area contributed by atoms with Gasteiger partial charge in [0.1, 0.15) is 17.2 Å². The van der Waals surface area contributed by atoms with Gasteiger partial charge in [-0.3, -0.25) is 5.21 Å². The number of amides is 2. The van der Waals surface area contributed by atoms with Gasteiger partial charge in [0.05, 0.1) is 20.3 Å². The number of hydroxylamine groups is 2. The second-order valence-corrected chi connectivity index (χ2v) is 8.64. The topological polar surface area (TPSA) is 88.3 Å². The van der Waals surface area contributed by atoms with Crippen LogP contribution < -0.4 is 9.47 Å². The molecule has 0 aliphatic carbocycles. The van der Waals surface area contributed by atoms with Crippen LogP contribution in [0, 0.1) is 0 Å². The number of methoxy groups -OCH3 is 2. The molecule has 2 amide bonds. The van der Waals surface area contributed by atoms with Crippen LogP contribution in [0.5, 0.6) is 11.5 Å². The van der Waals surface area contributed by atoms with Crippen LogP contribution in [0.15, 0.2) is 52.9 Å². The van der Waals surface area contributed by atoms with Gasteiger partial charge in [-0.15, -0.1) is 0 Å². The van der Waals surface area contributed by atoms with E-state index in [-0.39, 0.29) is 18.0 Å². The van der Waals surface area contributed by atoms with Crippen LogP contribution in [0.2, 0.25) is 0 Å². The first-order valence-electron chi connectivity index (χ1n) is 11.5. The minimum absolute atomic E-state index is 0.0655. The van der Waals surface area contributed by atoms with E-state index in [4.69, 9.17) is 18.9 Å². The highest BCUT2D eigenvalue weighted by molar-refractivity contribution is 5.80. The highest BCUT2D eigenvalue weighted by Crippen LogP contribution is 2.40. The number of benzene rings is 2. The molecule has 8 nitrogen and oxygen atoms in total. The fourth-order valence-electron chi connectivity index (χ4n) is 4.16. The van der Waals surface area contributed by atoms with E-state index in [1.165, 1.54) is 0 Å². The Morgan fingerprint density at radius 3 is 2.38 bits per heavy atom. The first-order valence-corrected chi connectivity index (χ1v) is 11.5. The maximum atomic E-state index is 12.5. The lowest BCUT2D eigenvalue weighted by molar-refractivity contribution is -0.0815. The number of piperidine rings is 1. The maximum Gasteiger partial charge on any atom is 0.343 e. The molecule has 1 aliphatic rings. The van der Waals surface area contributed by atoms with E-state index >= 15 is 0 Å². The van der Waals surface area contributed by atoms with E-state index < -0.39 is 0 Å². The first-order chi connectivity index (χ1) is 16.4. The number of carbonyl (C=O) groups excluding carboxylic acids is 1. The third-order valence-electron chi connectivity index (χ3n) is 6.16. The van der Waals surface area contributed by atoms with Gasteiger partial charge in [0.2, 0.25) is 0 Å². The van der Waals surface area contributed by atoms with E-state index in [0.717, 1.165) is 27.6 Å². The Bertz CT molecular complexity index is 1120. The molecule has 3 aromatic rings. The molecule has 1 aromatic heterocycles. The molecule has 180 valence electrons. The molecule has 0 unspecified atom stereocenters. The van der Waals surface area contributed by atoms with E-state index in [0.29, 0.717) is 43.3 Å². The van der Waals surface area contributed by atoms with Crippen molar-refractivity contribution in [2.24, 2.45) is 0 Å². The lowest BCUT2D eigenvalue weighted by atomic mass is 9.97. The molecule has 0 bridgehead atoms. The van der Waals surface area contributed by atoms with Crippen LogP contribution in [0.4, 0.5) is 4.79 Å². The van der Waals surface area contributed by atoms with Crippen LogP contribution >= 0.6 is 0 Å². The monoisotopic (exact) mass is 465 g/mol. The standard InChI is InChI=1S/C26H31N3O5/c1-17(2)29(31)26(30)28-15-13-19(14-16-28)25-27-23(21-7-5-6-8-22(21)33-4)24(34-25)18-9-11-20(32-3)12-10-18/h5-12,17,19,31H,13-16H2,1-4H3. The second-order valence-electron chi connectivity index (χ2n) is 8.64. The molecule has 4 rings (SSSR count). The largest absolute Gasteiger partial charge is 0.497 e. The third-order valence-corrected chi connectivity index (χ3v) is 6.16. The van der Waals surface area contributed by atoms with Crippen molar-refractivity contribution in [2.45, 2.75) is 38.6 Å². The Morgan fingerprint density at radius 1 is 1.09 bits per heavy atom. The van der Waals surface area contributed by atoms with Gasteiger partial charge in [0.25, 0.3) is 0 Å². The van der Waals surface area contributed by atoms with E-state index in [9.17, 15) is 10.0 Å². The minimum atomic E-state index is -0.366. The zero-order chi connectivity index (χ0) is 24.2. The number of hydrogen-bond donors (Lipinski definition) is 1. The fraction of sp³-hybridized carbons (Fsp3) is 0.385. The second kappa shape index (κ2) is 10.2. The molecule has 2 aromatic carbocycles. The molecule has 1 saturated heterocycles. The Hall–Kier alpha value is -3.52. The number of para-hydroxylation sites is 1. The Kier molecular flexibility index (Phi) is 7.07. The Labute approximate surface area is 199 Å². The minimum Gasteiger partial charge on any atom is -0.497 e. The number of nitrogens with zero attached hydrogens (tertiary/aromatic N) is 3. The molecule has 0 spiro atoms. The zero-order valence-electron chi connectivity index (χ0n) is 20.0. The molecular formula is C26H31N3O5. The first kappa shape index (κ1) is 23.6. The van der Waals surface area contributed by atoms with Crippen LogP contribution in [0.1, 0.15) is 38.5 Å². The number of oxazole rings is 1. The van der Waals surface area contributed by atoms with Gasteiger partial charge < -0.3 is 18.8 Å². The van der Waals surface area contributed by atoms with Gasteiger partial charge in [0, 0.05) is 30.1 Å². The summed E-state index contributed by atoms with van der Waals surface area (Å²) in [6, 6.07) is 14.8. The average Bonchev–Trinajstić information content (AvgIpc) is 3.33. The lowest BCUT2D eigenvalue weighted by Crippen LogP contribution is -2.47. The van der Waals surface area contributed by atoms with Crippen LogP contribution in [0.25, 0.3) is 22.6 Å². The highest BCUT2D eigenvalue weighted by atomic mass is 16.5. The molecule has 0 radical (unpaired) electrons. The number of ether oxygens (including phenoxy) is 2. The quantitative estimate of drug-likeness (QED) is 0.386. The van der Waals surface area contributed by atoms with Crippen molar-refractivity contribution in [2.75, 3.05) is 27.3 Å². The summed E-state index contributed by atoms with van der Waals surface area (Å²) in [5, 5.41) is 10.8. The van der Waals surface area contributed by atoms with Crippen LogP contribution in [0.3, 0.4) is 0 Å². The fourth-order valence-corrected chi connectivity index (χ4v) is 4.16. The van der Waals surface area contributed by atoms with Crippen molar-refractivity contribution in [1.82, 2.24) is 14.9 Å². The molecule has 1 N–H and O–H groups in total. The summed E-state index contributed by atoms with van der Waals surface area (Å²) in [4.78, 5) is 19.1. The van der Waals surface area contributed by atoms with Crippen molar-refractivity contribution in [3.8, 4) is 34.1 Å². The normalized spacial score (nSPS) is 14.4. The molecule has 8 heteroatoms. The maximum absolute atomic E-state index is 12.5. The van der Waals surface area contributed by atoms with E-state index in [1.54, 1.807) is 33.0 Å². The number of aromatic nitrogens is 1. The molecule has 1 aliphatic heterocycles. The van der Waals surface area contributed by atoms with E-state index in [2.05, 4.69) is 0 Å². The number of carbonyl (C=O) groups is 1. The summed E-state index contributed by atoms with van der Waals surface area (Å²) >= 11 is 0. The number of hydrogen-bond acceptors (Lipinski definition) is 6. The predicted octanol–water partition coefficient (Wildman–Crippen LogP) is 5.42. The van der Waals surface area contributed by atoms with Crippen molar-refractivity contribution in [1.29, 1.82) is 0 Å². The summed E-state index contributed by atoms with van der Waals surface area (Å²) in [5.74, 6) is 2.86. The molecule has 34 heavy (non-hydrogen) atoms. The highest BCUT2D eigenvalue weighted by Gasteiger charge is 2.31. The smallest absolute Gasteiger partial charge is 0.343 e. The Morgan fingerprint density at radius 2 is 1.76 bits per heavy atom. The van der Waals surface area contributed by atoms with E-state index in [1.807, 2.05) is 48.5 Å². The van der Waals surface area contributed by atoms with Gasteiger partial charge in [-0.2, -0.15) is 0 Å². The van der Waals surface area contributed by atoms with Crippen molar-refractivity contribution in [3.05, 3.63) is 54.4 Å². The predicted molar refractivity (Wildman–Crippen MR) is 128 cm³/mol. The van der Waals surface area contributed by atoms with Gasteiger partial charge >= 0.3 is 6.03 Å². The summed E-state index contributed by atoms with van der Waals surface area (Å²) in [5.41, 5.74) is 2.46. The summed E-state index contributed by atoms with van der Waals surface area (Å²) in [6.45, 7) is 4.60. The number of urea groups is 1. The summed E-state index contributed by atoms with van der Waals surface area (Å²) < 4.78 is 17.3. The average molecular weight is 466 g/mol. The SMILES string of the molecule is COc1ccc(-c2oc(C3CCN(C(=O)N(O)C(C)C)CC3)nc2-c2ccccc2OC)cc1. The van der Waals surface area contributed by atoms with Crippen LogP contribution in [-0.4, -0.2) is 59.5 Å². The number of likely N-dealkylation sites (tertiary alicyclic amines) is 1. The van der Waals surface area contributed by atoms with Crippen molar-refractivity contribution < 1.29 is 23.9 Å². The van der Waals surface area contributed by atoms with Gasteiger partial charge in [-0.1, -0.05) is 12.1 Å². The summed E-state index contributed by atoms with van der Waals surface area (Å²) in [6.07, 6.45) is 1.40. The zero-order valence-corrected chi connectivity index (χ0v) is 20.0.